The van der Waals surface area contributed by atoms with Gasteiger partial charge in [0.15, 0.2) is 0 Å². The van der Waals surface area contributed by atoms with E-state index in [-0.39, 0.29) is 18.4 Å². The number of piperazine rings is 1. The number of carbonyl (C=O) groups excluding carboxylic acids is 3. The van der Waals surface area contributed by atoms with Crippen LogP contribution in [0.3, 0.4) is 0 Å². The third-order valence-corrected chi connectivity index (χ3v) is 5.15. The highest BCUT2D eigenvalue weighted by molar-refractivity contribution is 6.35. The summed E-state index contributed by atoms with van der Waals surface area (Å²) in [6, 6.07) is 3.96. The minimum absolute atomic E-state index is 0.000316. The van der Waals surface area contributed by atoms with Crippen LogP contribution in [0.25, 0.3) is 11.0 Å². The zero-order valence-electron chi connectivity index (χ0n) is 16.9. The minimum Gasteiger partial charge on any atom is -0.464 e. The van der Waals surface area contributed by atoms with E-state index >= 15 is 0 Å². The van der Waals surface area contributed by atoms with Gasteiger partial charge in [-0.2, -0.15) is 0 Å². The Morgan fingerprint density at radius 3 is 2.29 bits per heavy atom. The highest BCUT2D eigenvalue weighted by Crippen LogP contribution is 2.25. The van der Waals surface area contributed by atoms with Gasteiger partial charge in [-0.05, 0) is 51.0 Å². The van der Waals surface area contributed by atoms with E-state index in [1.165, 1.54) is 4.90 Å². The maximum absolute atomic E-state index is 12.7. The van der Waals surface area contributed by atoms with Gasteiger partial charge in [-0.1, -0.05) is 0 Å². The predicted molar refractivity (Wildman–Crippen MR) is 106 cm³/mol. The summed E-state index contributed by atoms with van der Waals surface area (Å²) in [4.78, 5) is 40.0. The first-order chi connectivity index (χ1) is 13.3. The van der Waals surface area contributed by atoms with Gasteiger partial charge in [-0.3, -0.25) is 14.4 Å². The van der Waals surface area contributed by atoms with Crippen molar-refractivity contribution in [2.45, 2.75) is 40.2 Å². The van der Waals surface area contributed by atoms with Crippen molar-refractivity contribution >= 4 is 28.7 Å². The van der Waals surface area contributed by atoms with Gasteiger partial charge in [0.25, 0.3) is 0 Å². The molecule has 1 saturated heterocycles. The molecular weight excluding hydrogens is 358 g/mol. The number of rotatable bonds is 3. The molecule has 3 rings (SSSR count). The third-order valence-electron chi connectivity index (χ3n) is 5.15. The Bertz CT molecular complexity index is 908. The molecular formula is C21H27N3O4. The monoisotopic (exact) mass is 385 g/mol. The maximum atomic E-state index is 12.7. The van der Waals surface area contributed by atoms with E-state index in [0.29, 0.717) is 26.2 Å². The van der Waals surface area contributed by atoms with E-state index in [4.69, 9.17) is 4.42 Å². The molecule has 2 heterocycles. The number of amides is 3. The van der Waals surface area contributed by atoms with Crippen molar-refractivity contribution < 1.29 is 18.8 Å². The Morgan fingerprint density at radius 2 is 1.64 bits per heavy atom. The molecule has 1 N–H and O–H groups in total. The van der Waals surface area contributed by atoms with Crippen molar-refractivity contribution in [3.8, 4) is 0 Å². The standard InChI is InChI=1S/C21H27N3O4/c1-13(2)22-20(26)21(27)24-7-5-23(6-8-24)19(25)11-16-12-28-18-10-15(4)14(3)9-17(16)18/h9-10,12-13H,5-8,11H2,1-4H3,(H,22,26). The van der Waals surface area contributed by atoms with Crippen molar-refractivity contribution in [3.05, 3.63) is 35.1 Å². The van der Waals surface area contributed by atoms with E-state index in [0.717, 1.165) is 27.7 Å². The van der Waals surface area contributed by atoms with Crippen molar-refractivity contribution in [2.75, 3.05) is 26.2 Å². The van der Waals surface area contributed by atoms with Gasteiger partial charge in [0, 0.05) is 43.2 Å². The molecule has 0 radical (unpaired) electrons. The number of nitrogens with one attached hydrogen (secondary N) is 1. The molecule has 1 aromatic heterocycles. The number of benzene rings is 1. The van der Waals surface area contributed by atoms with Crippen LogP contribution in [0.5, 0.6) is 0 Å². The van der Waals surface area contributed by atoms with Crippen LogP contribution in [-0.4, -0.2) is 59.7 Å². The molecule has 150 valence electrons. The summed E-state index contributed by atoms with van der Waals surface area (Å²) in [7, 11) is 0. The van der Waals surface area contributed by atoms with Crippen molar-refractivity contribution in [2.24, 2.45) is 0 Å². The predicted octanol–water partition coefficient (Wildman–Crippen LogP) is 1.79. The summed E-state index contributed by atoms with van der Waals surface area (Å²) in [5.41, 5.74) is 3.98. The summed E-state index contributed by atoms with van der Waals surface area (Å²) >= 11 is 0. The van der Waals surface area contributed by atoms with Gasteiger partial charge >= 0.3 is 11.8 Å². The zero-order chi connectivity index (χ0) is 20.4. The Kier molecular flexibility index (Phi) is 5.72. The van der Waals surface area contributed by atoms with Crippen LogP contribution in [0, 0.1) is 13.8 Å². The van der Waals surface area contributed by atoms with Gasteiger partial charge in [0.05, 0.1) is 12.7 Å². The van der Waals surface area contributed by atoms with Crippen molar-refractivity contribution in [1.29, 1.82) is 0 Å². The van der Waals surface area contributed by atoms with Crippen LogP contribution < -0.4 is 5.32 Å². The van der Waals surface area contributed by atoms with E-state index < -0.39 is 11.8 Å². The molecule has 0 spiro atoms. The molecule has 1 fully saturated rings. The normalized spacial score (nSPS) is 14.6. The first-order valence-electron chi connectivity index (χ1n) is 9.61. The molecule has 0 unspecified atom stereocenters. The van der Waals surface area contributed by atoms with Gasteiger partial charge in [0.1, 0.15) is 5.58 Å². The van der Waals surface area contributed by atoms with E-state index in [1.54, 1.807) is 11.2 Å². The van der Waals surface area contributed by atoms with Gasteiger partial charge in [-0.15, -0.1) is 0 Å². The average molecular weight is 385 g/mol. The lowest BCUT2D eigenvalue weighted by Crippen LogP contribution is -2.54. The fourth-order valence-electron chi connectivity index (χ4n) is 3.37. The summed E-state index contributed by atoms with van der Waals surface area (Å²) < 4.78 is 5.61. The molecule has 2 aromatic rings. The van der Waals surface area contributed by atoms with Crippen LogP contribution in [0.1, 0.15) is 30.5 Å². The second kappa shape index (κ2) is 8.04. The molecule has 7 heteroatoms. The Labute approximate surface area is 164 Å². The number of nitrogens with zero attached hydrogens (tertiary/aromatic N) is 2. The van der Waals surface area contributed by atoms with E-state index in [1.807, 2.05) is 33.8 Å². The summed E-state index contributed by atoms with van der Waals surface area (Å²) in [5, 5.41) is 3.58. The number of aryl methyl sites for hydroxylation is 2. The Hall–Kier alpha value is -2.83. The Balaban J connectivity index is 1.59. The molecule has 7 nitrogen and oxygen atoms in total. The minimum atomic E-state index is -0.592. The van der Waals surface area contributed by atoms with Crippen LogP contribution in [-0.2, 0) is 20.8 Å². The molecule has 0 bridgehead atoms. The molecule has 28 heavy (non-hydrogen) atoms. The lowest BCUT2D eigenvalue weighted by Gasteiger charge is -2.34. The molecule has 1 aliphatic heterocycles. The highest BCUT2D eigenvalue weighted by Gasteiger charge is 2.28. The average Bonchev–Trinajstić information content (AvgIpc) is 3.02. The lowest BCUT2D eigenvalue weighted by molar-refractivity contribution is -0.148. The summed E-state index contributed by atoms with van der Waals surface area (Å²) in [6.07, 6.45) is 1.91. The second-order valence-corrected chi connectivity index (χ2v) is 7.67. The molecule has 3 amide bonds. The van der Waals surface area contributed by atoms with Crippen LogP contribution in [0.15, 0.2) is 22.8 Å². The maximum Gasteiger partial charge on any atom is 0.312 e. The van der Waals surface area contributed by atoms with Crippen molar-refractivity contribution in [1.82, 2.24) is 15.1 Å². The molecule has 1 aromatic carbocycles. The lowest BCUT2D eigenvalue weighted by atomic mass is 10.0. The molecule has 0 aliphatic carbocycles. The zero-order valence-corrected chi connectivity index (χ0v) is 16.9. The molecule has 1 aliphatic rings. The third kappa shape index (κ3) is 4.18. The van der Waals surface area contributed by atoms with Crippen LogP contribution in [0.4, 0.5) is 0 Å². The molecule has 0 atom stereocenters. The van der Waals surface area contributed by atoms with Crippen molar-refractivity contribution in [3.63, 3.8) is 0 Å². The van der Waals surface area contributed by atoms with Gasteiger partial charge in [-0.25, -0.2) is 0 Å². The summed E-state index contributed by atoms with van der Waals surface area (Å²) in [5.74, 6) is -1.13. The largest absolute Gasteiger partial charge is 0.464 e. The SMILES string of the molecule is Cc1cc2occ(CC(=O)N3CCN(C(=O)C(=O)NC(C)C)CC3)c2cc1C. The summed E-state index contributed by atoms with van der Waals surface area (Å²) in [6.45, 7) is 9.26. The second-order valence-electron chi connectivity index (χ2n) is 7.67. The van der Waals surface area contributed by atoms with Gasteiger partial charge < -0.3 is 19.5 Å². The first kappa shape index (κ1) is 19.9. The number of hydrogen-bond acceptors (Lipinski definition) is 4. The topological polar surface area (TPSA) is 82.9 Å². The van der Waals surface area contributed by atoms with E-state index in [2.05, 4.69) is 11.4 Å². The molecule has 0 saturated carbocycles. The fourth-order valence-corrected chi connectivity index (χ4v) is 3.37. The Morgan fingerprint density at radius 1 is 1.04 bits per heavy atom. The first-order valence-corrected chi connectivity index (χ1v) is 9.61. The smallest absolute Gasteiger partial charge is 0.312 e. The van der Waals surface area contributed by atoms with Crippen LogP contribution >= 0.6 is 0 Å². The number of furan rings is 1. The number of fused-ring (bicyclic) bond motifs is 1. The highest BCUT2D eigenvalue weighted by atomic mass is 16.3. The van der Waals surface area contributed by atoms with Gasteiger partial charge in [0.2, 0.25) is 5.91 Å². The quantitative estimate of drug-likeness (QED) is 0.817. The number of carbonyl (C=O) groups is 3. The van der Waals surface area contributed by atoms with E-state index in [9.17, 15) is 14.4 Å². The van der Waals surface area contributed by atoms with Crippen LogP contribution in [0.2, 0.25) is 0 Å². The number of hydrogen-bond donors (Lipinski definition) is 1. The fraction of sp³-hybridized carbons (Fsp3) is 0.476.